The number of carbonyl (C=O) groups is 1. The molecular formula is C23H22ClNO3S. The van der Waals surface area contributed by atoms with Gasteiger partial charge in [-0.1, -0.05) is 48.0 Å². The molecule has 0 unspecified atom stereocenters. The summed E-state index contributed by atoms with van der Waals surface area (Å²) in [6, 6.07) is 15.5. The molecule has 0 bridgehead atoms. The van der Waals surface area contributed by atoms with Gasteiger partial charge in [0.15, 0.2) is 0 Å². The highest BCUT2D eigenvalue weighted by molar-refractivity contribution is 7.16. The van der Waals surface area contributed by atoms with Crippen LogP contribution in [-0.2, 0) is 16.0 Å². The van der Waals surface area contributed by atoms with Crippen molar-refractivity contribution in [2.24, 2.45) is 0 Å². The fraction of sp³-hybridized carbons (Fsp3) is 0.217. The third kappa shape index (κ3) is 5.92. The summed E-state index contributed by atoms with van der Waals surface area (Å²) < 4.78 is 10.7. The molecule has 0 aliphatic heterocycles. The first-order valence-corrected chi connectivity index (χ1v) is 10.5. The molecule has 0 spiro atoms. The number of hydrogen-bond donors (Lipinski definition) is 0. The number of thiazole rings is 1. The summed E-state index contributed by atoms with van der Waals surface area (Å²) in [5.41, 5.74) is 3.01. The number of esters is 1. The number of carbonyl (C=O) groups excluding carboxylic acids is 1. The summed E-state index contributed by atoms with van der Waals surface area (Å²) in [6.45, 7) is 4.58. The van der Waals surface area contributed by atoms with Crippen LogP contribution < -0.4 is 4.74 Å². The molecule has 0 N–H and O–H groups in total. The van der Waals surface area contributed by atoms with Crippen molar-refractivity contribution < 1.29 is 14.3 Å². The third-order valence-corrected chi connectivity index (χ3v) is 5.67. The van der Waals surface area contributed by atoms with Gasteiger partial charge in [-0.05, 0) is 43.2 Å². The summed E-state index contributed by atoms with van der Waals surface area (Å²) in [5.74, 6) is 0.313. The first-order chi connectivity index (χ1) is 14.1. The Bertz CT molecular complexity index is 998. The molecule has 0 radical (unpaired) electrons. The molecular weight excluding hydrogens is 406 g/mol. The number of rotatable bonds is 8. The molecule has 1 aromatic heterocycles. The normalized spacial score (nSPS) is 11.3. The number of benzene rings is 2. The molecule has 3 rings (SSSR count). The molecule has 2 aromatic carbocycles. The maximum atomic E-state index is 11.6. The Kier molecular flexibility index (Phi) is 7.44. The zero-order chi connectivity index (χ0) is 20.6. The summed E-state index contributed by atoms with van der Waals surface area (Å²) in [7, 11) is 0. The van der Waals surface area contributed by atoms with Gasteiger partial charge in [-0.3, -0.25) is 4.79 Å². The van der Waals surface area contributed by atoms with Crippen LogP contribution in [0.4, 0.5) is 0 Å². The Morgan fingerprint density at radius 1 is 1.21 bits per heavy atom. The number of allylic oxidation sites excluding steroid dienone is 1. The van der Waals surface area contributed by atoms with E-state index in [1.807, 2.05) is 43.5 Å². The molecule has 0 aliphatic rings. The minimum atomic E-state index is -0.268. The van der Waals surface area contributed by atoms with E-state index in [0.29, 0.717) is 24.0 Å². The van der Waals surface area contributed by atoms with Crippen LogP contribution in [0.15, 0.2) is 60.8 Å². The molecule has 0 saturated heterocycles. The molecule has 3 aromatic rings. The van der Waals surface area contributed by atoms with E-state index in [-0.39, 0.29) is 12.4 Å². The largest absolute Gasteiger partial charge is 0.488 e. The summed E-state index contributed by atoms with van der Waals surface area (Å²) in [5, 5.41) is 1.47. The van der Waals surface area contributed by atoms with E-state index in [1.165, 1.54) is 0 Å². The van der Waals surface area contributed by atoms with E-state index in [0.717, 1.165) is 26.6 Å². The van der Waals surface area contributed by atoms with Crippen molar-refractivity contribution in [1.82, 2.24) is 4.98 Å². The number of ether oxygens (including phenoxy) is 2. The van der Waals surface area contributed by atoms with Gasteiger partial charge in [0.05, 0.1) is 22.9 Å². The molecule has 0 aliphatic carbocycles. The van der Waals surface area contributed by atoms with Crippen molar-refractivity contribution in [1.29, 1.82) is 0 Å². The molecule has 4 nitrogen and oxygen atoms in total. The lowest BCUT2D eigenvalue weighted by Gasteiger charge is -2.08. The van der Waals surface area contributed by atoms with E-state index in [1.54, 1.807) is 30.4 Å². The minimum absolute atomic E-state index is 0.196. The van der Waals surface area contributed by atoms with Gasteiger partial charge in [-0.25, -0.2) is 4.98 Å². The van der Waals surface area contributed by atoms with Crippen LogP contribution in [0.25, 0.3) is 16.1 Å². The highest BCUT2D eigenvalue weighted by atomic mass is 35.5. The number of nitrogens with zero attached hydrogens (tertiary/aromatic N) is 1. The molecule has 150 valence electrons. The van der Waals surface area contributed by atoms with Crippen molar-refractivity contribution in [3.63, 3.8) is 0 Å². The monoisotopic (exact) mass is 427 g/mol. The Hall–Kier alpha value is -2.63. The van der Waals surface area contributed by atoms with E-state index in [9.17, 15) is 4.79 Å². The van der Waals surface area contributed by atoms with Crippen LogP contribution in [0, 0.1) is 0 Å². The van der Waals surface area contributed by atoms with Gasteiger partial charge < -0.3 is 9.47 Å². The lowest BCUT2D eigenvalue weighted by atomic mass is 10.1. The average Bonchev–Trinajstić information content (AvgIpc) is 3.21. The SMILES string of the molecule is CCOC(=O)Cc1ccc(OC/C=C(/C)c2cnc(-c3ccccc3)s2)c(Cl)c1. The Balaban J connectivity index is 1.59. The first kappa shape index (κ1) is 21.1. The number of aromatic nitrogens is 1. The van der Waals surface area contributed by atoms with Gasteiger partial charge in [0.1, 0.15) is 17.4 Å². The highest BCUT2D eigenvalue weighted by Crippen LogP contribution is 2.29. The summed E-state index contributed by atoms with van der Waals surface area (Å²) in [4.78, 5) is 17.2. The van der Waals surface area contributed by atoms with Gasteiger partial charge in [-0.15, -0.1) is 11.3 Å². The third-order valence-electron chi connectivity index (χ3n) is 4.19. The van der Waals surface area contributed by atoms with Crippen LogP contribution in [-0.4, -0.2) is 24.2 Å². The molecule has 0 atom stereocenters. The van der Waals surface area contributed by atoms with Crippen LogP contribution in [0.5, 0.6) is 5.75 Å². The Labute approximate surface area is 179 Å². The highest BCUT2D eigenvalue weighted by Gasteiger charge is 2.09. The van der Waals surface area contributed by atoms with Crippen molar-refractivity contribution in [2.75, 3.05) is 13.2 Å². The second kappa shape index (κ2) is 10.2. The van der Waals surface area contributed by atoms with Gasteiger partial charge in [0, 0.05) is 11.8 Å². The van der Waals surface area contributed by atoms with Crippen LogP contribution in [0.2, 0.25) is 5.02 Å². The molecule has 0 amide bonds. The van der Waals surface area contributed by atoms with Crippen molar-refractivity contribution in [2.45, 2.75) is 20.3 Å². The second-order valence-electron chi connectivity index (χ2n) is 6.34. The summed E-state index contributed by atoms with van der Waals surface area (Å²) >= 11 is 7.94. The van der Waals surface area contributed by atoms with E-state index in [4.69, 9.17) is 21.1 Å². The Morgan fingerprint density at radius 2 is 2.00 bits per heavy atom. The Morgan fingerprint density at radius 3 is 2.72 bits per heavy atom. The number of hydrogen-bond acceptors (Lipinski definition) is 5. The van der Waals surface area contributed by atoms with Crippen molar-refractivity contribution in [3.05, 3.63) is 76.3 Å². The molecule has 1 heterocycles. The lowest BCUT2D eigenvalue weighted by molar-refractivity contribution is -0.142. The maximum absolute atomic E-state index is 11.6. The first-order valence-electron chi connectivity index (χ1n) is 9.32. The van der Waals surface area contributed by atoms with E-state index >= 15 is 0 Å². The maximum Gasteiger partial charge on any atom is 0.310 e. The molecule has 0 fully saturated rings. The summed E-state index contributed by atoms with van der Waals surface area (Å²) in [6.07, 6.45) is 4.09. The topological polar surface area (TPSA) is 48.4 Å². The fourth-order valence-electron chi connectivity index (χ4n) is 2.68. The standard InChI is InChI=1S/C23H22ClNO3S/c1-3-27-22(26)14-17-9-10-20(19(24)13-17)28-12-11-16(2)21-15-25-23(29-21)18-7-5-4-6-8-18/h4-11,13,15H,3,12,14H2,1-2H3/b16-11-. The smallest absolute Gasteiger partial charge is 0.310 e. The lowest BCUT2D eigenvalue weighted by Crippen LogP contribution is -2.07. The molecule has 0 saturated carbocycles. The van der Waals surface area contributed by atoms with Gasteiger partial charge in [-0.2, -0.15) is 0 Å². The van der Waals surface area contributed by atoms with Crippen LogP contribution >= 0.6 is 22.9 Å². The quantitative estimate of drug-likeness (QED) is 0.410. The minimum Gasteiger partial charge on any atom is -0.488 e. The zero-order valence-corrected chi connectivity index (χ0v) is 17.9. The average molecular weight is 428 g/mol. The van der Waals surface area contributed by atoms with Gasteiger partial charge in [0.25, 0.3) is 0 Å². The second-order valence-corrected chi connectivity index (χ2v) is 7.78. The zero-order valence-electron chi connectivity index (χ0n) is 16.4. The van der Waals surface area contributed by atoms with Crippen molar-refractivity contribution >= 4 is 34.5 Å². The van der Waals surface area contributed by atoms with Crippen molar-refractivity contribution in [3.8, 4) is 16.3 Å². The van der Waals surface area contributed by atoms with Crippen LogP contribution in [0.1, 0.15) is 24.3 Å². The van der Waals surface area contributed by atoms with E-state index < -0.39 is 0 Å². The fourth-order valence-corrected chi connectivity index (χ4v) is 3.85. The number of halogens is 1. The predicted octanol–water partition coefficient (Wildman–Crippen LogP) is 6.05. The van der Waals surface area contributed by atoms with E-state index in [2.05, 4.69) is 17.1 Å². The van der Waals surface area contributed by atoms with Gasteiger partial charge >= 0.3 is 5.97 Å². The molecule has 6 heteroatoms. The van der Waals surface area contributed by atoms with Crippen LogP contribution in [0.3, 0.4) is 0 Å². The predicted molar refractivity (Wildman–Crippen MR) is 118 cm³/mol. The van der Waals surface area contributed by atoms with Gasteiger partial charge in [0.2, 0.25) is 0 Å². The molecule has 29 heavy (non-hydrogen) atoms.